The Morgan fingerprint density at radius 2 is 2.10 bits per heavy atom. The summed E-state index contributed by atoms with van der Waals surface area (Å²) in [5, 5.41) is 8.81. The van der Waals surface area contributed by atoms with Crippen molar-refractivity contribution in [1.82, 2.24) is 9.97 Å². The van der Waals surface area contributed by atoms with Crippen molar-refractivity contribution in [3.05, 3.63) is 46.1 Å². The van der Waals surface area contributed by atoms with Crippen LogP contribution in [0.2, 0.25) is 0 Å². The molecule has 0 radical (unpaired) electrons. The molecular formula is C14H11BrN4OS. The number of halogens is 1. The van der Waals surface area contributed by atoms with Gasteiger partial charge in [-0.3, -0.25) is 4.79 Å². The van der Waals surface area contributed by atoms with Gasteiger partial charge >= 0.3 is 0 Å². The summed E-state index contributed by atoms with van der Waals surface area (Å²) in [4.78, 5) is 20.3. The molecule has 0 bridgehead atoms. The number of hydrogen-bond donors (Lipinski definition) is 1. The van der Waals surface area contributed by atoms with Crippen LogP contribution >= 0.6 is 27.7 Å². The summed E-state index contributed by atoms with van der Waals surface area (Å²) >= 11 is 4.54. The van der Waals surface area contributed by atoms with Crippen LogP contribution in [-0.4, -0.2) is 21.0 Å². The summed E-state index contributed by atoms with van der Waals surface area (Å²) in [6, 6.07) is 9.06. The maximum absolute atomic E-state index is 12.3. The Bertz CT molecular complexity index is 712. The van der Waals surface area contributed by atoms with E-state index in [1.54, 1.807) is 19.1 Å². The first-order valence-electron chi connectivity index (χ1n) is 6.00. The molecule has 5 nitrogen and oxygen atoms in total. The lowest BCUT2D eigenvalue weighted by Crippen LogP contribution is -2.14. The lowest BCUT2D eigenvalue weighted by molar-refractivity contribution is 0.0994. The first-order valence-corrected chi connectivity index (χ1v) is 7.67. The number of nitriles is 1. The third-order valence-electron chi connectivity index (χ3n) is 2.70. The van der Waals surface area contributed by atoms with E-state index in [1.807, 2.05) is 18.2 Å². The van der Waals surface area contributed by atoms with Gasteiger partial charge in [-0.25, -0.2) is 9.97 Å². The highest BCUT2D eigenvalue weighted by Gasteiger charge is 2.18. The van der Waals surface area contributed by atoms with E-state index in [4.69, 9.17) is 11.0 Å². The second kappa shape index (κ2) is 6.70. The summed E-state index contributed by atoms with van der Waals surface area (Å²) < 4.78 is 0.919. The Hall–Kier alpha value is -1.91. The average molecular weight is 363 g/mol. The second-order valence-electron chi connectivity index (χ2n) is 4.19. The van der Waals surface area contributed by atoms with Crippen molar-refractivity contribution >= 4 is 39.3 Å². The number of anilines is 1. The fourth-order valence-corrected chi connectivity index (χ4v) is 2.67. The summed E-state index contributed by atoms with van der Waals surface area (Å²) in [5.74, 6) is 0.109. The maximum atomic E-state index is 12.3. The number of carbonyl (C=O) groups is 1. The molecule has 1 aromatic carbocycles. The smallest absolute Gasteiger partial charge is 0.190 e. The molecule has 1 heterocycles. The molecule has 0 aliphatic rings. The lowest BCUT2D eigenvalue weighted by Gasteiger charge is -2.09. The number of hydrogen-bond acceptors (Lipinski definition) is 6. The third-order valence-corrected chi connectivity index (χ3v) is 4.20. The molecule has 21 heavy (non-hydrogen) atoms. The molecule has 7 heteroatoms. The predicted molar refractivity (Wildman–Crippen MR) is 85.0 cm³/mol. The van der Waals surface area contributed by atoms with Crippen LogP contribution in [-0.2, 0) is 0 Å². The van der Waals surface area contributed by atoms with E-state index in [0.29, 0.717) is 10.7 Å². The van der Waals surface area contributed by atoms with E-state index in [1.165, 1.54) is 18.0 Å². The molecule has 0 spiro atoms. The van der Waals surface area contributed by atoms with Gasteiger partial charge < -0.3 is 5.73 Å². The highest BCUT2D eigenvalue weighted by Crippen LogP contribution is 2.24. The molecule has 2 rings (SSSR count). The highest BCUT2D eigenvalue weighted by molar-refractivity contribution is 9.10. The number of nitrogen functional groups attached to an aromatic ring is 1. The largest absolute Gasteiger partial charge is 0.382 e. The number of aromatic nitrogens is 2. The van der Waals surface area contributed by atoms with Crippen LogP contribution in [0.1, 0.15) is 22.8 Å². The van der Waals surface area contributed by atoms with Gasteiger partial charge in [-0.15, -0.1) is 0 Å². The van der Waals surface area contributed by atoms with Crippen LogP contribution in [0.3, 0.4) is 0 Å². The van der Waals surface area contributed by atoms with E-state index >= 15 is 0 Å². The molecule has 0 fully saturated rings. The Balaban J connectivity index is 2.12. The van der Waals surface area contributed by atoms with E-state index in [0.717, 1.165) is 4.47 Å². The number of nitrogens with two attached hydrogens (primary N) is 1. The van der Waals surface area contributed by atoms with Crippen molar-refractivity contribution in [1.29, 1.82) is 5.26 Å². The zero-order valence-corrected chi connectivity index (χ0v) is 13.5. The molecule has 0 amide bonds. The van der Waals surface area contributed by atoms with Gasteiger partial charge in [0.2, 0.25) is 0 Å². The van der Waals surface area contributed by atoms with Gasteiger partial charge in [0.05, 0.1) is 11.4 Å². The SMILES string of the molecule is CC(Sc1ncc(C#N)c(N)n1)C(=O)c1ccc(Br)cc1. The summed E-state index contributed by atoms with van der Waals surface area (Å²) in [6.45, 7) is 1.78. The Labute approximate surface area is 134 Å². The highest BCUT2D eigenvalue weighted by atomic mass is 79.9. The number of ketones is 1. The summed E-state index contributed by atoms with van der Waals surface area (Å²) in [7, 11) is 0. The zero-order valence-electron chi connectivity index (χ0n) is 11.1. The molecule has 1 aromatic heterocycles. The van der Waals surface area contributed by atoms with E-state index in [2.05, 4.69) is 25.9 Å². The van der Waals surface area contributed by atoms with Crippen LogP contribution in [0.4, 0.5) is 5.82 Å². The molecule has 2 aromatic rings. The monoisotopic (exact) mass is 362 g/mol. The summed E-state index contributed by atoms with van der Waals surface area (Å²) in [6.07, 6.45) is 1.36. The Morgan fingerprint density at radius 1 is 1.43 bits per heavy atom. The molecule has 106 valence electrons. The van der Waals surface area contributed by atoms with Gasteiger partial charge in [-0.1, -0.05) is 39.8 Å². The normalized spacial score (nSPS) is 11.7. The van der Waals surface area contributed by atoms with Crippen LogP contribution < -0.4 is 5.73 Å². The molecule has 0 aliphatic heterocycles. The van der Waals surface area contributed by atoms with Gasteiger partial charge in [0, 0.05) is 10.0 Å². The first kappa shape index (κ1) is 15.5. The first-order chi connectivity index (χ1) is 10.0. The average Bonchev–Trinajstić information content (AvgIpc) is 2.47. The van der Waals surface area contributed by atoms with Crippen molar-refractivity contribution in [2.75, 3.05) is 5.73 Å². The molecule has 0 saturated carbocycles. The van der Waals surface area contributed by atoms with Crippen molar-refractivity contribution in [3.8, 4) is 6.07 Å². The van der Waals surface area contributed by atoms with E-state index in [-0.39, 0.29) is 22.4 Å². The topological polar surface area (TPSA) is 92.7 Å². The third kappa shape index (κ3) is 3.80. The Kier molecular flexibility index (Phi) is 4.94. The summed E-state index contributed by atoms with van der Waals surface area (Å²) in [5.41, 5.74) is 6.49. The standard InChI is InChI=1S/C14H11BrN4OS/c1-8(12(20)9-2-4-11(15)5-3-9)21-14-18-7-10(6-16)13(17)19-14/h2-5,7-8H,1H3,(H2,17,18,19). The van der Waals surface area contributed by atoms with Crippen molar-refractivity contribution in [2.45, 2.75) is 17.3 Å². The van der Waals surface area contributed by atoms with Crippen molar-refractivity contribution in [2.24, 2.45) is 0 Å². The van der Waals surface area contributed by atoms with Crippen molar-refractivity contribution in [3.63, 3.8) is 0 Å². The molecule has 0 aliphatic carbocycles. The lowest BCUT2D eigenvalue weighted by atomic mass is 10.1. The zero-order chi connectivity index (χ0) is 15.4. The molecule has 2 N–H and O–H groups in total. The van der Waals surface area contributed by atoms with Crippen LogP contribution in [0.25, 0.3) is 0 Å². The predicted octanol–water partition coefficient (Wildman–Crippen LogP) is 3.06. The molecule has 0 saturated heterocycles. The number of Topliss-reactive ketones (excluding diaryl/α,β-unsaturated/α-hetero) is 1. The fraction of sp³-hybridized carbons (Fsp3) is 0.143. The van der Waals surface area contributed by atoms with E-state index in [9.17, 15) is 4.79 Å². The van der Waals surface area contributed by atoms with Gasteiger partial charge in [0.1, 0.15) is 17.5 Å². The number of carbonyl (C=O) groups excluding carboxylic acids is 1. The minimum atomic E-state index is -0.349. The minimum Gasteiger partial charge on any atom is -0.382 e. The number of rotatable bonds is 4. The molecular weight excluding hydrogens is 352 g/mol. The van der Waals surface area contributed by atoms with Crippen LogP contribution in [0.15, 0.2) is 40.1 Å². The van der Waals surface area contributed by atoms with Crippen molar-refractivity contribution < 1.29 is 4.79 Å². The van der Waals surface area contributed by atoms with Crippen LogP contribution in [0.5, 0.6) is 0 Å². The number of thioether (sulfide) groups is 1. The van der Waals surface area contributed by atoms with E-state index < -0.39 is 0 Å². The van der Waals surface area contributed by atoms with Gasteiger partial charge in [0.15, 0.2) is 10.9 Å². The van der Waals surface area contributed by atoms with Crippen LogP contribution in [0, 0.1) is 11.3 Å². The molecule has 1 unspecified atom stereocenters. The molecule has 1 atom stereocenters. The minimum absolute atomic E-state index is 0.0148. The number of benzene rings is 1. The van der Waals surface area contributed by atoms with Gasteiger partial charge in [-0.05, 0) is 19.1 Å². The fourth-order valence-electron chi connectivity index (χ4n) is 1.58. The van der Waals surface area contributed by atoms with Gasteiger partial charge in [-0.2, -0.15) is 5.26 Å². The second-order valence-corrected chi connectivity index (χ2v) is 6.42. The number of nitrogens with zero attached hydrogens (tertiary/aromatic N) is 3. The quantitative estimate of drug-likeness (QED) is 0.510. The Morgan fingerprint density at radius 3 is 2.67 bits per heavy atom. The van der Waals surface area contributed by atoms with Gasteiger partial charge in [0.25, 0.3) is 0 Å². The maximum Gasteiger partial charge on any atom is 0.190 e.